The summed E-state index contributed by atoms with van der Waals surface area (Å²) in [4.78, 5) is 38.1. The highest BCUT2D eigenvalue weighted by Gasteiger charge is 2.42. The third-order valence-corrected chi connectivity index (χ3v) is 6.66. The van der Waals surface area contributed by atoms with Crippen molar-refractivity contribution >= 4 is 22.7 Å². The molecule has 0 unspecified atom stereocenters. The van der Waals surface area contributed by atoms with Crippen molar-refractivity contribution in [3.8, 4) is 22.3 Å². The molecule has 0 amide bonds. The van der Waals surface area contributed by atoms with E-state index < -0.39 is 112 Å². The molecule has 4 aromatic rings. The maximum absolute atomic E-state index is 13.2. The Bertz CT molecular complexity index is 1790. The Labute approximate surface area is 283 Å². The van der Waals surface area contributed by atoms with Crippen molar-refractivity contribution in [2.45, 2.75) is 24.7 Å². The van der Waals surface area contributed by atoms with Crippen LogP contribution in [-0.4, -0.2) is 25.2 Å². The van der Waals surface area contributed by atoms with E-state index in [2.05, 4.69) is 0 Å². The van der Waals surface area contributed by atoms with Gasteiger partial charge in [0.15, 0.2) is 0 Å². The van der Waals surface area contributed by atoms with E-state index in [0.29, 0.717) is 48.5 Å². The van der Waals surface area contributed by atoms with Crippen LogP contribution >= 0.6 is 0 Å². The average Bonchev–Trinajstić information content (AvgIpc) is 3.02. The highest BCUT2D eigenvalue weighted by atomic mass is 19.4. The van der Waals surface area contributed by atoms with E-state index in [0.717, 1.165) is 0 Å². The quantitative estimate of drug-likeness (QED) is 0.104. The van der Waals surface area contributed by atoms with Crippen molar-refractivity contribution in [3.63, 3.8) is 0 Å². The third-order valence-electron chi connectivity index (χ3n) is 6.66. The number of nitro groups is 4. The first kappa shape index (κ1) is 42.8. The van der Waals surface area contributed by atoms with Crippen LogP contribution in [-0.2, 0) is 24.7 Å². The molecule has 53 heavy (non-hydrogen) atoms. The summed E-state index contributed by atoms with van der Waals surface area (Å²) in [6, 6.07) is 5.00. The van der Waals surface area contributed by atoms with Gasteiger partial charge in [-0.25, -0.2) is 0 Å². The number of alkyl halides is 12. The maximum Gasteiger partial charge on any atom is 0.417 e. The first-order valence-electron chi connectivity index (χ1n) is 13.1. The van der Waals surface area contributed by atoms with Gasteiger partial charge in [0.25, 0.3) is 22.7 Å². The molecule has 0 radical (unpaired) electrons. The number of halogens is 12. The number of non-ortho nitro benzene ring substituents is 4. The van der Waals surface area contributed by atoms with Gasteiger partial charge in [0.2, 0.25) is 0 Å². The smallest absolute Gasteiger partial charge is 0.412 e. The Morgan fingerprint density at radius 1 is 0.340 bits per heavy atom. The monoisotopic (exact) mass is 778 g/mol. The number of nitrogens with zero attached hydrogens (tertiary/aromatic N) is 4. The van der Waals surface area contributed by atoms with Crippen molar-refractivity contribution in [3.05, 3.63) is 136 Å². The molecule has 0 saturated heterocycles. The minimum Gasteiger partial charge on any atom is -0.412 e. The van der Waals surface area contributed by atoms with Crippen LogP contribution in [0.1, 0.15) is 22.3 Å². The summed E-state index contributed by atoms with van der Waals surface area (Å²) < 4.78 is 158. The molecule has 0 heterocycles. The fourth-order valence-corrected chi connectivity index (χ4v) is 4.46. The van der Waals surface area contributed by atoms with E-state index in [-0.39, 0.29) is 29.7 Å². The summed E-state index contributed by atoms with van der Waals surface area (Å²) in [5, 5.41) is 42.6. The summed E-state index contributed by atoms with van der Waals surface area (Å²) in [6.45, 7) is 0. The molecule has 0 aliphatic rings. The Balaban J connectivity index is 0.000000360. The maximum atomic E-state index is 13.2. The Kier molecular flexibility index (Phi) is 12.2. The van der Waals surface area contributed by atoms with Crippen molar-refractivity contribution in [1.29, 1.82) is 0 Å². The van der Waals surface area contributed by atoms with Gasteiger partial charge in [-0.2, -0.15) is 52.7 Å². The highest BCUT2D eigenvalue weighted by Crippen LogP contribution is 2.46. The zero-order valence-corrected chi connectivity index (χ0v) is 25.0. The molecule has 0 fully saturated rings. The molecule has 0 aromatic heterocycles. The highest BCUT2D eigenvalue weighted by molar-refractivity contribution is 5.76. The molecule has 0 aliphatic carbocycles. The van der Waals surface area contributed by atoms with E-state index >= 15 is 0 Å². The molecular weight excluding hydrogens is 764 g/mol. The lowest BCUT2D eigenvalue weighted by Gasteiger charge is -2.17. The zero-order valence-electron chi connectivity index (χ0n) is 25.0. The molecule has 2 N–H and O–H groups in total. The van der Waals surface area contributed by atoms with Gasteiger partial charge in [-0.1, -0.05) is 0 Å². The lowest BCUT2D eigenvalue weighted by atomic mass is 9.94. The molecule has 0 aliphatic heterocycles. The largest absolute Gasteiger partial charge is 0.417 e. The number of rotatable bonds is 6. The predicted octanol–water partition coefficient (Wildman–Crippen LogP) is 9.59. The molecule has 0 bridgehead atoms. The minimum absolute atomic E-state index is 0. The fraction of sp³-hybridized carbons (Fsp3) is 0.143. The molecule has 4 aromatic carbocycles. The molecule has 0 spiro atoms. The summed E-state index contributed by atoms with van der Waals surface area (Å²) in [5.41, 5.74) is -14.4. The fourth-order valence-electron chi connectivity index (χ4n) is 4.46. The van der Waals surface area contributed by atoms with Crippen molar-refractivity contribution in [2.75, 3.05) is 0 Å². The van der Waals surface area contributed by atoms with E-state index in [1.54, 1.807) is 0 Å². The average molecular weight is 778 g/mol. The van der Waals surface area contributed by atoms with Crippen LogP contribution in [0.15, 0.2) is 72.8 Å². The number of hydrogen-bond donors (Lipinski definition) is 0. The summed E-state index contributed by atoms with van der Waals surface area (Å²) in [6.07, 6.45) is -20.8. The second-order valence-corrected chi connectivity index (χ2v) is 9.94. The molecule has 25 heteroatoms. The normalized spacial score (nSPS) is 11.8. The van der Waals surface area contributed by atoms with Crippen LogP contribution < -0.4 is 0 Å². The molecule has 13 nitrogen and oxygen atoms in total. The van der Waals surface area contributed by atoms with Crippen molar-refractivity contribution in [1.82, 2.24) is 0 Å². The zero-order chi connectivity index (χ0) is 39.7. The minimum atomic E-state index is -5.19. The van der Waals surface area contributed by atoms with Gasteiger partial charge in [0, 0.05) is 48.5 Å². The summed E-state index contributed by atoms with van der Waals surface area (Å²) >= 11 is 0. The Morgan fingerprint density at radius 3 is 0.604 bits per heavy atom. The second kappa shape index (κ2) is 15.1. The van der Waals surface area contributed by atoms with E-state index in [1.165, 1.54) is 0 Å². The van der Waals surface area contributed by atoms with Crippen LogP contribution in [0.25, 0.3) is 22.3 Å². The molecule has 4 rings (SSSR count). The van der Waals surface area contributed by atoms with Crippen LogP contribution in [0.2, 0.25) is 0 Å². The van der Waals surface area contributed by atoms with E-state index in [9.17, 15) is 93.1 Å². The van der Waals surface area contributed by atoms with Gasteiger partial charge in [-0.05, 0) is 46.5 Å². The third kappa shape index (κ3) is 9.89. The van der Waals surface area contributed by atoms with E-state index in [1.807, 2.05) is 0 Å². The lowest BCUT2D eigenvalue weighted by Crippen LogP contribution is -2.12. The van der Waals surface area contributed by atoms with Gasteiger partial charge in [-0.3, -0.25) is 40.5 Å². The van der Waals surface area contributed by atoms with Gasteiger partial charge < -0.3 is 5.48 Å². The number of nitro benzene ring substituents is 4. The molecule has 0 saturated carbocycles. The SMILES string of the molecule is O.O=[N+]([O-])c1ccc(-c2ccc([N+](=O)[O-])cc2C(F)(F)F)c(C(F)(F)F)c1.O=[N+]([O-])c1ccc(-c2ccc([N+](=O)[O-])cc2C(F)(F)F)c(C(F)(F)F)c1. The number of benzene rings is 4. The van der Waals surface area contributed by atoms with E-state index in [4.69, 9.17) is 0 Å². The van der Waals surface area contributed by atoms with Gasteiger partial charge in [0.1, 0.15) is 0 Å². The van der Waals surface area contributed by atoms with Gasteiger partial charge in [-0.15, -0.1) is 0 Å². The van der Waals surface area contributed by atoms with Crippen LogP contribution in [0, 0.1) is 40.5 Å². The summed E-state index contributed by atoms with van der Waals surface area (Å²) in [5.74, 6) is 0. The molecular formula is C28H14F12N4O9. The predicted molar refractivity (Wildman–Crippen MR) is 154 cm³/mol. The topological polar surface area (TPSA) is 204 Å². The van der Waals surface area contributed by atoms with Crippen LogP contribution in [0.3, 0.4) is 0 Å². The standard InChI is InChI=1S/2C14H6F6N2O4.H2O/c2*15-13(16,17)11-5-7(21(23)24)1-3-9(11)10-4-2-8(22(25)26)6-12(10)14(18,19)20;/h2*1-6H;1H2. The first-order chi connectivity index (χ1) is 23.6. The molecule has 284 valence electrons. The number of hydrogen-bond acceptors (Lipinski definition) is 8. The van der Waals surface area contributed by atoms with Crippen LogP contribution in [0.5, 0.6) is 0 Å². The summed E-state index contributed by atoms with van der Waals surface area (Å²) in [7, 11) is 0. The van der Waals surface area contributed by atoms with Crippen molar-refractivity contribution in [2.24, 2.45) is 0 Å². The Hall–Kier alpha value is -6.40. The second-order valence-electron chi connectivity index (χ2n) is 9.94. The first-order valence-corrected chi connectivity index (χ1v) is 13.1. The van der Waals surface area contributed by atoms with Crippen LogP contribution in [0.4, 0.5) is 75.4 Å². The Morgan fingerprint density at radius 2 is 0.491 bits per heavy atom. The van der Waals surface area contributed by atoms with Gasteiger partial charge >= 0.3 is 24.7 Å². The van der Waals surface area contributed by atoms with Gasteiger partial charge in [0.05, 0.1) is 41.9 Å². The van der Waals surface area contributed by atoms with Crippen molar-refractivity contribution < 1.29 is 77.9 Å². The molecule has 0 atom stereocenters. The lowest BCUT2D eigenvalue weighted by molar-refractivity contribution is -0.385.